The SMILES string of the molecule is CCC1OCCC1CNc1ncccc1OC(C)C. The predicted molar refractivity (Wildman–Crippen MR) is 76.6 cm³/mol. The van der Waals surface area contributed by atoms with Gasteiger partial charge in [0.25, 0.3) is 0 Å². The van der Waals surface area contributed by atoms with E-state index in [4.69, 9.17) is 9.47 Å². The Morgan fingerprint density at radius 2 is 2.37 bits per heavy atom. The summed E-state index contributed by atoms with van der Waals surface area (Å²) < 4.78 is 11.5. The van der Waals surface area contributed by atoms with Crippen molar-refractivity contribution in [3.05, 3.63) is 18.3 Å². The Labute approximate surface area is 115 Å². The summed E-state index contributed by atoms with van der Waals surface area (Å²) in [6, 6.07) is 3.86. The van der Waals surface area contributed by atoms with E-state index in [1.807, 2.05) is 26.0 Å². The molecule has 1 fully saturated rings. The van der Waals surface area contributed by atoms with Crippen molar-refractivity contribution >= 4 is 5.82 Å². The number of nitrogens with zero attached hydrogens (tertiary/aromatic N) is 1. The van der Waals surface area contributed by atoms with Gasteiger partial charge in [0.2, 0.25) is 0 Å². The first kappa shape index (κ1) is 14.1. The van der Waals surface area contributed by atoms with Crippen molar-refractivity contribution in [3.63, 3.8) is 0 Å². The molecule has 2 atom stereocenters. The molecule has 19 heavy (non-hydrogen) atoms. The zero-order valence-electron chi connectivity index (χ0n) is 12.1. The molecule has 0 spiro atoms. The summed E-state index contributed by atoms with van der Waals surface area (Å²) in [5.74, 6) is 2.22. The molecule has 1 saturated heterocycles. The minimum Gasteiger partial charge on any atom is -0.487 e. The van der Waals surface area contributed by atoms with Crippen LogP contribution in [0.1, 0.15) is 33.6 Å². The molecule has 0 amide bonds. The van der Waals surface area contributed by atoms with Crippen molar-refractivity contribution in [1.82, 2.24) is 4.98 Å². The molecular formula is C15H24N2O2. The van der Waals surface area contributed by atoms with Crippen LogP contribution in [-0.2, 0) is 4.74 Å². The fraction of sp³-hybridized carbons (Fsp3) is 0.667. The summed E-state index contributed by atoms with van der Waals surface area (Å²) in [5.41, 5.74) is 0. The summed E-state index contributed by atoms with van der Waals surface area (Å²) in [6.45, 7) is 7.99. The van der Waals surface area contributed by atoms with Gasteiger partial charge in [-0.15, -0.1) is 0 Å². The molecular weight excluding hydrogens is 240 g/mol. The van der Waals surface area contributed by atoms with Crippen LogP contribution in [-0.4, -0.2) is 30.3 Å². The van der Waals surface area contributed by atoms with E-state index in [0.717, 1.165) is 37.6 Å². The van der Waals surface area contributed by atoms with Crippen LogP contribution in [0, 0.1) is 5.92 Å². The Morgan fingerprint density at radius 1 is 1.53 bits per heavy atom. The van der Waals surface area contributed by atoms with Crippen molar-refractivity contribution < 1.29 is 9.47 Å². The number of aromatic nitrogens is 1. The number of rotatable bonds is 6. The lowest BCUT2D eigenvalue weighted by molar-refractivity contribution is 0.0899. The minimum absolute atomic E-state index is 0.156. The van der Waals surface area contributed by atoms with Gasteiger partial charge in [-0.1, -0.05) is 6.92 Å². The van der Waals surface area contributed by atoms with Crippen LogP contribution in [0.2, 0.25) is 0 Å². The lowest BCUT2D eigenvalue weighted by Crippen LogP contribution is -2.23. The molecule has 106 valence electrons. The molecule has 2 heterocycles. The van der Waals surface area contributed by atoms with Gasteiger partial charge in [0.15, 0.2) is 11.6 Å². The van der Waals surface area contributed by atoms with Gasteiger partial charge in [-0.25, -0.2) is 4.98 Å². The lowest BCUT2D eigenvalue weighted by Gasteiger charge is -2.19. The third-order valence-electron chi connectivity index (χ3n) is 3.41. The van der Waals surface area contributed by atoms with E-state index in [2.05, 4.69) is 17.2 Å². The maximum atomic E-state index is 5.76. The first-order chi connectivity index (χ1) is 9.20. The fourth-order valence-corrected chi connectivity index (χ4v) is 2.48. The van der Waals surface area contributed by atoms with E-state index in [-0.39, 0.29) is 6.10 Å². The quantitative estimate of drug-likeness (QED) is 0.857. The Balaban J connectivity index is 1.95. The number of ether oxygens (including phenoxy) is 2. The number of pyridine rings is 1. The number of hydrogen-bond acceptors (Lipinski definition) is 4. The van der Waals surface area contributed by atoms with Gasteiger partial charge in [0.1, 0.15) is 0 Å². The zero-order valence-corrected chi connectivity index (χ0v) is 12.1. The highest BCUT2D eigenvalue weighted by molar-refractivity contribution is 5.49. The highest BCUT2D eigenvalue weighted by atomic mass is 16.5. The maximum Gasteiger partial charge on any atom is 0.168 e. The minimum atomic E-state index is 0.156. The van der Waals surface area contributed by atoms with Gasteiger partial charge in [-0.05, 0) is 38.8 Å². The third-order valence-corrected chi connectivity index (χ3v) is 3.41. The Hall–Kier alpha value is -1.29. The van der Waals surface area contributed by atoms with Crippen molar-refractivity contribution in [2.75, 3.05) is 18.5 Å². The van der Waals surface area contributed by atoms with Crippen LogP contribution in [0.3, 0.4) is 0 Å². The molecule has 0 bridgehead atoms. The molecule has 1 aromatic rings. The van der Waals surface area contributed by atoms with Gasteiger partial charge in [0, 0.05) is 25.3 Å². The Bertz CT molecular complexity index is 395. The van der Waals surface area contributed by atoms with E-state index >= 15 is 0 Å². The van der Waals surface area contributed by atoms with Crippen LogP contribution < -0.4 is 10.1 Å². The Morgan fingerprint density at radius 3 is 3.11 bits per heavy atom. The average Bonchev–Trinajstić information content (AvgIpc) is 2.84. The van der Waals surface area contributed by atoms with Crippen LogP contribution >= 0.6 is 0 Å². The lowest BCUT2D eigenvalue weighted by atomic mass is 10.00. The van der Waals surface area contributed by atoms with E-state index in [1.165, 1.54) is 0 Å². The molecule has 0 aliphatic carbocycles. The van der Waals surface area contributed by atoms with E-state index < -0.39 is 0 Å². The second-order valence-electron chi connectivity index (χ2n) is 5.26. The van der Waals surface area contributed by atoms with Gasteiger partial charge < -0.3 is 14.8 Å². The first-order valence-corrected chi connectivity index (χ1v) is 7.17. The van der Waals surface area contributed by atoms with Crippen LogP contribution in [0.5, 0.6) is 5.75 Å². The fourth-order valence-electron chi connectivity index (χ4n) is 2.48. The second kappa shape index (κ2) is 6.75. The third kappa shape index (κ3) is 3.83. The monoisotopic (exact) mass is 264 g/mol. The summed E-state index contributed by atoms with van der Waals surface area (Å²) in [4.78, 5) is 4.37. The molecule has 2 rings (SSSR count). The predicted octanol–water partition coefficient (Wildman–Crippen LogP) is 3.10. The van der Waals surface area contributed by atoms with E-state index in [0.29, 0.717) is 12.0 Å². The summed E-state index contributed by atoms with van der Waals surface area (Å²) in [7, 11) is 0. The van der Waals surface area contributed by atoms with E-state index in [1.54, 1.807) is 6.20 Å². The molecule has 1 N–H and O–H groups in total. The van der Waals surface area contributed by atoms with Gasteiger partial charge in [0.05, 0.1) is 12.2 Å². The van der Waals surface area contributed by atoms with Crippen molar-refractivity contribution in [2.45, 2.75) is 45.8 Å². The highest BCUT2D eigenvalue weighted by Gasteiger charge is 2.26. The van der Waals surface area contributed by atoms with Gasteiger partial charge in [-0.2, -0.15) is 0 Å². The molecule has 1 aliphatic rings. The molecule has 4 heteroatoms. The number of nitrogens with one attached hydrogen (secondary N) is 1. The maximum absolute atomic E-state index is 5.76. The summed E-state index contributed by atoms with van der Waals surface area (Å²) >= 11 is 0. The van der Waals surface area contributed by atoms with Gasteiger partial charge in [-0.3, -0.25) is 0 Å². The molecule has 1 aliphatic heterocycles. The molecule has 0 radical (unpaired) electrons. The van der Waals surface area contributed by atoms with Crippen LogP contribution in [0.4, 0.5) is 5.82 Å². The van der Waals surface area contributed by atoms with Crippen LogP contribution in [0.25, 0.3) is 0 Å². The molecule has 2 unspecified atom stereocenters. The number of hydrogen-bond donors (Lipinski definition) is 1. The normalized spacial score (nSPS) is 22.7. The summed E-state index contributed by atoms with van der Waals surface area (Å²) in [6.07, 6.45) is 4.52. The molecule has 1 aromatic heterocycles. The van der Waals surface area contributed by atoms with Crippen LogP contribution in [0.15, 0.2) is 18.3 Å². The smallest absolute Gasteiger partial charge is 0.168 e. The van der Waals surface area contributed by atoms with Gasteiger partial charge >= 0.3 is 0 Å². The summed E-state index contributed by atoms with van der Waals surface area (Å²) in [5, 5.41) is 3.41. The second-order valence-corrected chi connectivity index (χ2v) is 5.26. The average molecular weight is 264 g/mol. The zero-order chi connectivity index (χ0) is 13.7. The first-order valence-electron chi connectivity index (χ1n) is 7.17. The largest absolute Gasteiger partial charge is 0.487 e. The molecule has 0 saturated carbocycles. The number of anilines is 1. The van der Waals surface area contributed by atoms with E-state index in [9.17, 15) is 0 Å². The molecule has 0 aromatic carbocycles. The standard InChI is InChI=1S/C15H24N2O2/c1-4-13-12(7-9-18-13)10-17-15-14(19-11(2)3)6-5-8-16-15/h5-6,8,11-13H,4,7,9-10H2,1-3H3,(H,16,17). The topological polar surface area (TPSA) is 43.4 Å². The van der Waals surface area contributed by atoms with Crippen molar-refractivity contribution in [2.24, 2.45) is 5.92 Å². The van der Waals surface area contributed by atoms with Crippen molar-refractivity contribution in [1.29, 1.82) is 0 Å². The molecule has 4 nitrogen and oxygen atoms in total. The Kier molecular flexibility index (Phi) is 5.02. The van der Waals surface area contributed by atoms with Crippen molar-refractivity contribution in [3.8, 4) is 5.75 Å². The highest BCUT2D eigenvalue weighted by Crippen LogP contribution is 2.26.